The Kier molecular flexibility index (Phi) is 6.38. The molecule has 0 unspecified atom stereocenters. The number of thioether (sulfide) groups is 1. The largest absolute Gasteiger partial charge is 0.545 e. The first-order valence-corrected chi connectivity index (χ1v) is 11.1. The summed E-state index contributed by atoms with van der Waals surface area (Å²) < 4.78 is 5.77. The zero-order valence-corrected chi connectivity index (χ0v) is 19.1. The van der Waals surface area contributed by atoms with Crippen LogP contribution in [0.2, 0.25) is 0 Å². The van der Waals surface area contributed by atoms with Crippen LogP contribution < -0.4 is 10.4 Å². The maximum absolute atomic E-state index is 12.7. The van der Waals surface area contributed by atoms with Crippen molar-refractivity contribution in [1.29, 1.82) is 0 Å². The molecule has 1 saturated heterocycles. The summed E-state index contributed by atoms with van der Waals surface area (Å²) in [5.41, 5.74) is 2.85. The number of aryl methyl sites for hydroxylation is 2. The fourth-order valence-electron chi connectivity index (χ4n) is 3.40. The van der Waals surface area contributed by atoms with Crippen LogP contribution in [-0.2, 0) is 9.59 Å². The molecule has 0 bridgehead atoms. The van der Waals surface area contributed by atoms with Gasteiger partial charge in [-0.25, -0.2) is 0 Å². The van der Waals surface area contributed by atoms with Crippen molar-refractivity contribution >= 4 is 46.5 Å². The minimum atomic E-state index is -1.30. The summed E-state index contributed by atoms with van der Waals surface area (Å²) in [7, 11) is 0. The van der Waals surface area contributed by atoms with Gasteiger partial charge < -0.3 is 19.6 Å². The first-order valence-electron chi connectivity index (χ1n) is 10.3. The van der Waals surface area contributed by atoms with Crippen LogP contribution in [0.15, 0.2) is 63.9 Å². The van der Waals surface area contributed by atoms with Crippen LogP contribution in [0.4, 0.5) is 10.5 Å². The highest BCUT2D eigenvalue weighted by atomic mass is 32.2. The Balaban J connectivity index is 1.49. The van der Waals surface area contributed by atoms with E-state index in [4.69, 9.17) is 4.42 Å². The molecule has 1 aliphatic heterocycles. The van der Waals surface area contributed by atoms with E-state index in [0.29, 0.717) is 34.5 Å². The van der Waals surface area contributed by atoms with Gasteiger partial charge in [-0.15, -0.1) is 0 Å². The average molecular weight is 476 g/mol. The number of imide groups is 1. The normalized spacial score (nSPS) is 14.6. The predicted molar refractivity (Wildman–Crippen MR) is 126 cm³/mol. The highest BCUT2D eigenvalue weighted by Gasteiger charge is 2.36. The van der Waals surface area contributed by atoms with Crippen LogP contribution in [0.25, 0.3) is 17.4 Å². The number of nitrogens with one attached hydrogen (secondary N) is 1. The third-order valence-electron chi connectivity index (χ3n) is 5.23. The number of anilines is 1. The molecular formula is C25H19N2O6S-. The number of hydrogen-bond acceptors (Lipinski definition) is 7. The van der Waals surface area contributed by atoms with E-state index in [0.717, 1.165) is 16.0 Å². The topological polar surface area (TPSA) is 120 Å². The Morgan fingerprint density at radius 3 is 2.56 bits per heavy atom. The summed E-state index contributed by atoms with van der Waals surface area (Å²) in [5, 5.41) is 13.3. The number of furan rings is 1. The van der Waals surface area contributed by atoms with Crippen molar-refractivity contribution in [2.45, 2.75) is 13.8 Å². The van der Waals surface area contributed by atoms with Gasteiger partial charge in [-0.05, 0) is 66.6 Å². The number of rotatable bonds is 6. The molecule has 0 atom stereocenters. The number of aromatic carboxylic acids is 1. The van der Waals surface area contributed by atoms with Crippen molar-refractivity contribution < 1.29 is 28.7 Å². The predicted octanol–water partition coefficient (Wildman–Crippen LogP) is 3.60. The molecule has 3 aromatic rings. The molecule has 1 aromatic heterocycles. The number of amides is 3. The fraction of sp³-hybridized carbons (Fsp3) is 0.120. The van der Waals surface area contributed by atoms with Gasteiger partial charge in [-0.1, -0.05) is 30.3 Å². The van der Waals surface area contributed by atoms with E-state index in [1.807, 2.05) is 26.0 Å². The highest BCUT2D eigenvalue weighted by molar-refractivity contribution is 8.18. The van der Waals surface area contributed by atoms with Crippen molar-refractivity contribution in [3.8, 4) is 11.3 Å². The van der Waals surface area contributed by atoms with Crippen LogP contribution >= 0.6 is 11.8 Å². The van der Waals surface area contributed by atoms with Crippen LogP contribution in [0.1, 0.15) is 27.2 Å². The molecule has 34 heavy (non-hydrogen) atoms. The molecule has 8 nitrogen and oxygen atoms in total. The molecule has 4 rings (SSSR count). The summed E-state index contributed by atoms with van der Waals surface area (Å²) in [6.45, 7) is 3.24. The molecule has 1 aliphatic rings. The van der Waals surface area contributed by atoms with Crippen molar-refractivity contribution in [2.24, 2.45) is 0 Å². The first kappa shape index (κ1) is 23.1. The summed E-state index contributed by atoms with van der Waals surface area (Å²) in [5.74, 6) is -1.66. The van der Waals surface area contributed by atoms with E-state index in [-0.39, 0.29) is 10.5 Å². The van der Waals surface area contributed by atoms with Gasteiger partial charge in [0.05, 0.1) is 10.9 Å². The number of carboxylic acid groups (broad SMARTS) is 1. The number of para-hydroxylation sites is 1. The van der Waals surface area contributed by atoms with E-state index < -0.39 is 29.6 Å². The van der Waals surface area contributed by atoms with Gasteiger partial charge in [0.25, 0.3) is 11.1 Å². The molecule has 1 fully saturated rings. The Hall–Kier alpha value is -4.11. The SMILES string of the molecule is Cc1ccccc1NC(=O)CN1C(=O)S/C(=C\c2ccc(-c3cc(C(=O)[O-])ccc3C)o2)C1=O. The zero-order valence-electron chi connectivity index (χ0n) is 18.3. The lowest BCUT2D eigenvalue weighted by molar-refractivity contribution is -0.255. The molecular weight excluding hydrogens is 456 g/mol. The van der Waals surface area contributed by atoms with Gasteiger partial charge in [0.1, 0.15) is 18.1 Å². The van der Waals surface area contributed by atoms with Gasteiger partial charge in [-0.3, -0.25) is 19.3 Å². The van der Waals surface area contributed by atoms with E-state index in [9.17, 15) is 24.3 Å². The lowest BCUT2D eigenvalue weighted by atomic mass is 10.0. The lowest BCUT2D eigenvalue weighted by Gasteiger charge is -2.13. The second-order valence-corrected chi connectivity index (χ2v) is 8.64. The average Bonchev–Trinajstić information content (AvgIpc) is 3.36. The Morgan fingerprint density at radius 2 is 1.82 bits per heavy atom. The van der Waals surface area contributed by atoms with E-state index in [2.05, 4.69) is 5.32 Å². The summed E-state index contributed by atoms with van der Waals surface area (Å²) >= 11 is 0.715. The zero-order chi connectivity index (χ0) is 24.4. The number of carbonyl (C=O) groups is 4. The van der Waals surface area contributed by atoms with Gasteiger partial charge in [0.2, 0.25) is 5.91 Å². The molecule has 1 N–H and O–H groups in total. The molecule has 2 heterocycles. The van der Waals surface area contributed by atoms with Gasteiger partial charge in [0.15, 0.2) is 0 Å². The van der Waals surface area contributed by atoms with Crippen molar-refractivity contribution in [3.63, 3.8) is 0 Å². The standard InChI is InChI=1S/C25H20N2O6S/c1-14-7-8-16(24(30)31)11-18(14)20-10-9-17(33-20)12-21-23(29)27(25(32)34-21)13-22(28)26-19-6-4-3-5-15(19)2/h3-12H,13H2,1-2H3,(H,26,28)(H,30,31)/p-1/b21-12-. The van der Waals surface area contributed by atoms with E-state index in [1.54, 1.807) is 30.3 Å². The molecule has 172 valence electrons. The van der Waals surface area contributed by atoms with Gasteiger partial charge >= 0.3 is 0 Å². The minimum absolute atomic E-state index is 0.0173. The summed E-state index contributed by atoms with van der Waals surface area (Å²) in [4.78, 5) is 49.7. The second-order valence-electron chi connectivity index (χ2n) is 7.65. The third-order valence-corrected chi connectivity index (χ3v) is 6.14. The van der Waals surface area contributed by atoms with E-state index in [1.165, 1.54) is 18.2 Å². The van der Waals surface area contributed by atoms with E-state index >= 15 is 0 Å². The van der Waals surface area contributed by atoms with Crippen molar-refractivity contribution in [3.05, 3.63) is 82.0 Å². The quantitative estimate of drug-likeness (QED) is 0.541. The lowest BCUT2D eigenvalue weighted by Crippen LogP contribution is -2.36. The van der Waals surface area contributed by atoms with Crippen molar-refractivity contribution in [2.75, 3.05) is 11.9 Å². The molecule has 0 spiro atoms. The minimum Gasteiger partial charge on any atom is -0.545 e. The van der Waals surface area contributed by atoms with Crippen LogP contribution in [0.3, 0.4) is 0 Å². The van der Waals surface area contributed by atoms with Crippen LogP contribution in [0, 0.1) is 13.8 Å². The van der Waals surface area contributed by atoms with Crippen LogP contribution in [0.5, 0.6) is 0 Å². The number of benzene rings is 2. The summed E-state index contributed by atoms with van der Waals surface area (Å²) in [6, 6.07) is 15.0. The van der Waals surface area contributed by atoms with Crippen LogP contribution in [-0.4, -0.2) is 34.5 Å². The Bertz CT molecular complexity index is 1360. The second kappa shape index (κ2) is 9.40. The monoisotopic (exact) mass is 475 g/mol. The highest BCUT2D eigenvalue weighted by Crippen LogP contribution is 2.34. The third kappa shape index (κ3) is 4.79. The number of carboxylic acids is 1. The molecule has 0 radical (unpaired) electrons. The molecule has 2 aromatic carbocycles. The summed E-state index contributed by atoms with van der Waals surface area (Å²) in [6.07, 6.45) is 1.42. The maximum Gasteiger partial charge on any atom is 0.294 e. The van der Waals surface area contributed by atoms with Crippen molar-refractivity contribution in [1.82, 2.24) is 4.90 Å². The fourth-order valence-corrected chi connectivity index (χ4v) is 4.22. The molecule has 3 amide bonds. The number of hydrogen-bond donors (Lipinski definition) is 1. The molecule has 9 heteroatoms. The Morgan fingerprint density at radius 1 is 1.06 bits per heavy atom. The number of nitrogens with zero attached hydrogens (tertiary/aromatic N) is 1. The smallest absolute Gasteiger partial charge is 0.294 e. The maximum atomic E-state index is 12.7. The number of carbonyl (C=O) groups excluding carboxylic acids is 4. The van der Waals surface area contributed by atoms with Gasteiger partial charge in [-0.2, -0.15) is 0 Å². The molecule has 0 aliphatic carbocycles. The Labute approximate surface area is 199 Å². The molecule has 0 saturated carbocycles. The van der Waals surface area contributed by atoms with Gasteiger partial charge in [0, 0.05) is 17.3 Å². The first-order chi connectivity index (χ1) is 16.2.